The maximum absolute atomic E-state index is 11.8. The van der Waals surface area contributed by atoms with Crippen molar-refractivity contribution in [3.05, 3.63) is 54.0 Å². The van der Waals surface area contributed by atoms with Crippen LogP contribution in [0.1, 0.15) is 11.3 Å². The smallest absolute Gasteiger partial charge is 0.415 e. The number of anilines is 1. The number of nitrogens with zero attached hydrogens (tertiary/aromatic N) is 4. The minimum absolute atomic E-state index is 0.188. The van der Waals surface area contributed by atoms with Crippen LogP contribution in [0.25, 0.3) is 0 Å². The van der Waals surface area contributed by atoms with Crippen molar-refractivity contribution in [1.82, 2.24) is 9.97 Å². The van der Waals surface area contributed by atoms with Gasteiger partial charge in [0.2, 0.25) is 0 Å². The van der Waals surface area contributed by atoms with E-state index in [4.69, 9.17) is 10.00 Å². The first-order chi connectivity index (χ1) is 9.70. The van der Waals surface area contributed by atoms with Crippen molar-refractivity contribution >= 4 is 11.9 Å². The molecule has 0 aliphatic heterocycles. The van der Waals surface area contributed by atoms with E-state index in [0.29, 0.717) is 5.82 Å². The zero-order valence-corrected chi connectivity index (χ0v) is 10.9. The lowest BCUT2D eigenvalue weighted by Crippen LogP contribution is -2.27. The van der Waals surface area contributed by atoms with Crippen molar-refractivity contribution in [2.45, 2.75) is 6.61 Å². The first kappa shape index (κ1) is 13.5. The second kappa shape index (κ2) is 6.29. The summed E-state index contributed by atoms with van der Waals surface area (Å²) >= 11 is 0. The summed E-state index contributed by atoms with van der Waals surface area (Å²) in [6.45, 7) is 0.188. The van der Waals surface area contributed by atoms with Crippen molar-refractivity contribution in [3.63, 3.8) is 0 Å². The lowest BCUT2D eigenvalue weighted by Gasteiger charge is -2.15. The highest BCUT2D eigenvalue weighted by molar-refractivity contribution is 5.85. The summed E-state index contributed by atoms with van der Waals surface area (Å²) in [6.07, 6.45) is 2.12. The summed E-state index contributed by atoms with van der Waals surface area (Å²) in [5, 5.41) is 8.63. The molecule has 6 nitrogen and oxygen atoms in total. The highest BCUT2D eigenvalue weighted by Crippen LogP contribution is 2.09. The third-order valence-electron chi connectivity index (χ3n) is 2.58. The molecule has 0 bridgehead atoms. The molecule has 0 aliphatic rings. The molecule has 1 aromatic carbocycles. The lowest BCUT2D eigenvalue weighted by molar-refractivity contribution is 0.148. The number of carbonyl (C=O) groups is 1. The molecule has 0 N–H and O–H groups in total. The van der Waals surface area contributed by atoms with Gasteiger partial charge in [-0.2, -0.15) is 5.26 Å². The van der Waals surface area contributed by atoms with Gasteiger partial charge >= 0.3 is 6.09 Å². The second-order valence-corrected chi connectivity index (χ2v) is 3.97. The van der Waals surface area contributed by atoms with Crippen molar-refractivity contribution in [1.29, 1.82) is 5.26 Å². The number of hydrogen-bond acceptors (Lipinski definition) is 5. The Labute approximate surface area is 116 Å². The molecule has 0 atom stereocenters. The first-order valence-electron chi connectivity index (χ1n) is 5.87. The summed E-state index contributed by atoms with van der Waals surface area (Å²) in [7, 11) is 1.53. The fourth-order valence-corrected chi connectivity index (χ4v) is 1.46. The summed E-state index contributed by atoms with van der Waals surface area (Å²) in [5.74, 6) is 0.321. The van der Waals surface area contributed by atoms with E-state index in [-0.39, 0.29) is 12.3 Å². The van der Waals surface area contributed by atoms with E-state index >= 15 is 0 Å². The van der Waals surface area contributed by atoms with Gasteiger partial charge in [0.1, 0.15) is 12.7 Å². The van der Waals surface area contributed by atoms with Crippen LogP contribution in [0.15, 0.2) is 42.7 Å². The number of aromatic nitrogens is 2. The number of carbonyl (C=O) groups excluding carboxylic acids is 1. The maximum atomic E-state index is 11.8. The predicted molar refractivity (Wildman–Crippen MR) is 71.8 cm³/mol. The van der Waals surface area contributed by atoms with E-state index < -0.39 is 6.09 Å². The standard InChI is InChI=1S/C14H12N4O2/c1-18(13-9-16-12(7-15)8-17-13)14(19)20-10-11-5-3-2-4-6-11/h2-6,8-9H,10H2,1H3. The number of rotatable bonds is 3. The average Bonchev–Trinajstić information content (AvgIpc) is 2.53. The quantitative estimate of drug-likeness (QED) is 0.851. The van der Waals surface area contributed by atoms with Crippen molar-refractivity contribution in [3.8, 4) is 6.07 Å². The van der Waals surface area contributed by atoms with Crippen LogP contribution in [-0.4, -0.2) is 23.1 Å². The zero-order valence-electron chi connectivity index (χ0n) is 10.9. The number of hydrogen-bond donors (Lipinski definition) is 0. The van der Waals surface area contributed by atoms with Crippen LogP contribution in [0.5, 0.6) is 0 Å². The molecule has 100 valence electrons. The van der Waals surface area contributed by atoms with Gasteiger partial charge in [-0.1, -0.05) is 30.3 Å². The fourth-order valence-electron chi connectivity index (χ4n) is 1.46. The Morgan fingerprint density at radius 1 is 1.30 bits per heavy atom. The molecule has 0 saturated heterocycles. The normalized spacial score (nSPS) is 9.60. The highest BCUT2D eigenvalue weighted by atomic mass is 16.6. The maximum Gasteiger partial charge on any atom is 0.415 e. The van der Waals surface area contributed by atoms with E-state index in [0.717, 1.165) is 5.56 Å². The van der Waals surface area contributed by atoms with Gasteiger partial charge in [0.15, 0.2) is 11.5 Å². The van der Waals surface area contributed by atoms with Gasteiger partial charge in [-0.15, -0.1) is 0 Å². The van der Waals surface area contributed by atoms with E-state index in [9.17, 15) is 4.79 Å². The Balaban J connectivity index is 1.96. The SMILES string of the molecule is CN(C(=O)OCc1ccccc1)c1cnc(C#N)cn1. The van der Waals surface area contributed by atoms with E-state index in [2.05, 4.69) is 9.97 Å². The van der Waals surface area contributed by atoms with Crippen LogP contribution in [-0.2, 0) is 11.3 Å². The van der Waals surface area contributed by atoms with Gasteiger partial charge < -0.3 is 4.74 Å². The molecule has 0 aliphatic carbocycles. The van der Waals surface area contributed by atoms with E-state index in [1.165, 1.54) is 24.3 Å². The topological polar surface area (TPSA) is 79.1 Å². The molecule has 2 rings (SSSR count). The Hall–Kier alpha value is -2.94. The summed E-state index contributed by atoms with van der Waals surface area (Å²) in [5.41, 5.74) is 1.10. The van der Waals surface area contributed by atoms with Crippen LogP contribution < -0.4 is 4.90 Å². The molecular weight excluding hydrogens is 256 g/mol. The van der Waals surface area contributed by atoms with Gasteiger partial charge in [-0.05, 0) is 5.56 Å². The predicted octanol–water partition coefficient (Wildman–Crippen LogP) is 2.12. The summed E-state index contributed by atoms with van der Waals surface area (Å²) in [6, 6.07) is 11.2. The van der Waals surface area contributed by atoms with Crippen molar-refractivity contribution in [2.75, 3.05) is 11.9 Å². The third kappa shape index (κ3) is 3.29. The molecule has 1 amide bonds. The molecular formula is C14H12N4O2. The molecule has 0 fully saturated rings. The molecule has 1 aromatic heterocycles. The zero-order chi connectivity index (χ0) is 14.4. The largest absolute Gasteiger partial charge is 0.444 e. The molecule has 0 unspecified atom stereocenters. The van der Waals surface area contributed by atoms with Crippen molar-refractivity contribution in [2.24, 2.45) is 0 Å². The van der Waals surface area contributed by atoms with E-state index in [1.54, 1.807) is 0 Å². The molecule has 0 saturated carbocycles. The lowest BCUT2D eigenvalue weighted by atomic mass is 10.2. The minimum Gasteiger partial charge on any atom is -0.444 e. The summed E-state index contributed by atoms with van der Waals surface area (Å²) < 4.78 is 5.16. The van der Waals surface area contributed by atoms with Gasteiger partial charge in [0.25, 0.3) is 0 Å². The Bertz CT molecular complexity index is 620. The Kier molecular flexibility index (Phi) is 4.24. The molecule has 0 spiro atoms. The van der Waals surface area contributed by atoms with Crippen molar-refractivity contribution < 1.29 is 9.53 Å². The molecule has 20 heavy (non-hydrogen) atoms. The summed E-state index contributed by atoms with van der Waals surface area (Å²) in [4.78, 5) is 20.9. The van der Waals surface area contributed by atoms with Gasteiger partial charge in [0, 0.05) is 7.05 Å². The van der Waals surface area contributed by atoms with Crippen LogP contribution >= 0.6 is 0 Å². The monoisotopic (exact) mass is 268 g/mol. The molecule has 0 radical (unpaired) electrons. The average molecular weight is 268 g/mol. The number of ether oxygens (including phenoxy) is 1. The van der Waals surface area contributed by atoms with Crippen LogP contribution in [0.2, 0.25) is 0 Å². The second-order valence-electron chi connectivity index (χ2n) is 3.97. The third-order valence-corrected chi connectivity index (χ3v) is 2.58. The van der Waals surface area contributed by atoms with Crippen LogP contribution in [0.4, 0.5) is 10.6 Å². The van der Waals surface area contributed by atoms with Gasteiger partial charge in [0.05, 0.1) is 12.4 Å². The highest BCUT2D eigenvalue weighted by Gasteiger charge is 2.14. The Morgan fingerprint density at radius 3 is 2.65 bits per heavy atom. The van der Waals surface area contributed by atoms with Crippen LogP contribution in [0.3, 0.4) is 0 Å². The van der Waals surface area contributed by atoms with Crippen LogP contribution in [0, 0.1) is 11.3 Å². The molecule has 1 heterocycles. The molecule has 2 aromatic rings. The minimum atomic E-state index is -0.534. The number of amides is 1. The number of benzene rings is 1. The Morgan fingerprint density at radius 2 is 2.05 bits per heavy atom. The molecule has 6 heteroatoms. The van der Waals surface area contributed by atoms with Gasteiger partial charge in [-0.3, -0.25) is 4.90 Å². The van der Waals surface area contributed by atoms with Gasteiger partial charge in [-0.25, -0.2) is 14.8 Å². The van der Waals surface area contributed by atoms with E-state index in [1.807, 2.05) is 36.4 Å². The first-order valence-corrected chi connectivity index (χ1v) is 5.87. The number of nitriles is 1. The fraction of sp³-hybridized carbons (Fsp3) is 0.143.